The maximum Gasteiger partial charge on any atom is 0.243 e. The third kappa shape index (κ3) is 5.10. The van der Waals surface area contributed by atoms with Crippen LogP contribution in [0.4, 0.5) is 4.39 Å². The summed E-state index contributed by atoms with van der Waals surface area (Å²) in [7, 11) is 0. The van der Waals surface area contributed by atoms with E-state index in [0.717, 1.165) is 6.42 Å². The molecule has 7 heteroatoms. The number of hydrogen-bond acceptors (Lipinski definition) is 4. The SMILES string of the molecule is CC(C)(C)C(=O)N1CCCC1C(=O)NCc1cccnc1Oc1cccc(F)c1. The van der Waals surface area contributed by atoms with Crippen LogP contribution >= 0.6 is 0 Å². The molecule has 0 saturated carbocycles. The van der Waals surface area contributed by atoms with E-state index >= 15 is 0 Å². The quantitative estimate of drug-likeness (QED) is 0.833. The number of rotatable bonds is 5. The number of carbonyl (C=O) groups is 2. The number of pyridine rings is 1. The second kappa shape index (κ2) is 8.59. The predicted molar refractivity (Wildman–Crippen MR) is 107 cm³/mol. The number of halogens is 1. The Bertz CT molecular complexity index is 895. The lowest BCUT2D eigenvalue weighted by atomic mass is 9.94. The van der Waals surface area contributed by atoms with Gasteiger partial charge in [0, 0.05) is 36.3 Å². The third-order valence-electron chi connectivity index (χ3n) is 4.77. The van der Waals surface area contributed by atoms with Gasteiger partial charge < -0.3 is 15.0 Å². The van der Waals surface area contributed by atoms with Crippen LogP contribution in [0.2, 0.25) is 0 Å². The Morgan fingerprint density at radius 3 is 2.79 bits per heavy atom. The van der Waals surface area contributed by atoms with E-state index in [9.17, 15) is 14.0 Å². The number of hydrogen-bond donors (Lipinski definition) is 1. The number of nitrogens with one attached hydrogen (secondary N) is 1. The van der Waals surface area contributed by atoms with Crippen molar-refractivity contribution >= 4 is 11.8 Å². The van der Waals surface area contributed by atoms with Crippen molar-refractivity contribution in [3.63, 3.8) is 0 Å². The second-order valence-electron chi connectivity index (χ2n) is 8.15. The molecule has 0 radical (unpaired) electrons. The molecule has 0 spiro atoms. The number of ether oxygens (including phenoxy) is 1. The molecule has 2 heterocycles. The maximum atomic E-state index is 13.4. The van der Waals surface area contributed by atoms with Gasteiger partial charge in [0.25, 0.3) is 0 Å². The van der Waals surface area contributed by atoms with Crippen molar-refractivity contribution in [1.82, 2.24) is 15.2 Å². The van der Waals surface area contributed by atoms with Crippen LogP contribution in [-0.4, -0.2) is 34.3 Å². The highest BCUT2D eigenvalue weighted by Crippen LogP contribution is 2.26. The number of nitrogens with zero attached hydrogens (tertiary/aromatic N) is 2. The minimum atomic E-state index is -0.530. The van der Waals surface area contributed by atoms with E-state index in [2.05, 4.69) is 10.3 Å². The lowest BCUT2D eigenvalue weighted by Gasteiger charge is -2.30. The second-order valence-corrected chi connectivity index (χ2v) is 8.15. The molecule has 1 N–H and O–H groups in total. The summed E-state index contributed by atoms with van der Waals surface area (Å²) >= 11 is 0. The zero-order chi connectivity index (χ0) is 21.0. The fourth-order valence-electron chi connectivity index (χ4n) is 3.31. The van der Waals surface area contributed by atoms with Crippen molar-refractivity contribution in [2.24, 2.45) is 5.41 Å². The van der Waals surface area contributed by atoms with Gasteiger partial charge in [-0.3, -0.25) is 9.59 Å². The molecule has 154 valence electrons. The molecule has 0 bridgehead atoms. The molecular formula is C22H26FN3O3. The van der Waals surface area contributed by atoms with Crippen LogP contribution in [0.5, 0.6) is 11.6 Å². The molecule has 29 heavy (non-hydrogen) atoms. The number of aromatic nitrogens is 1. The van der Waals surface area contributed by atoms with Gasteiger partial charge in [-0.25, -0.2) is 9.37 Å². The Hall–Kier alpha value is -2.96. The third-order valence-corrected chi connectivity index (χ3v) is 4.77. The molecule has 0 aliphatic carbocycles. The normalized spacial score (nSPS) is 16.6. The first-order valence-electron chi connectivity index (χ1n) is 9.72. The smallest absolute Gasteiger partial charge is 0.243 e. The molecule has 6 nitrogen and oxygen atoms in total. The minimum absolute atomic E-state index is 0.0216. The number of likely N-dealkylation sites (tertiary alicyclic amines) is 1. The summed E-state index contributed by atoms with van der Waals surface area (Å²) in [6.07, 6.45) is 3.02. The first kappa shape index (κ1) is 20.8. The van der Waals surface area contributed by atoms with Gasteiger partial charge in [0.05, 0.1) is 0 Å². The molecule has 1 aliphatic heterocycles. The summed E-state index contributed by atoms with van der Waals surface area (Å²) in [6, 6.07) is 8.85. The molecule has 1 aromatic heterocycles. The zero-order valence-corrected chi connectivity index (χ0v) is 16.9. The summed E-state index contributed by atoms with van der Waals surface area (Å²) in [5.74, 6) is 0.00639. The Morgan fingerprint density at radius 1 is 1.28 bits per heavy atom. The fourth-order valence-corrected chi connectivity index (χ4v) is 3.31. The lowest BCUT2D eigenvalue weighted by molar-refractivity contribution is -0.144. The van der Waals surface area contributed by atoms with Crippen LogP contribution in [0.15, 0.2) is 42.6 Å². The molecule has 1 fully saturated rings. The van der Waals surface area contributed by atoms with Crippen molar-refractivity contribution in [1.29, 1.82) is 0 Å². The van der Waals surface area contributed by atoms with E-state index < -0.39 is 17.3 Å². The van der Waals surface area contributed by atoms with E-state index in [1.807, 2.05) is 20.8 Å². The van der Waals surface area contributed by atoms with E-state index in [1.165, 1.54) is 12.1 Å². The Balaban J connectivity index is 1.67. The van der Waals surface area contributed by atoms with Crippen LogP contribution in [-0.2, 0) is 16.1 Å². The van der Waals surface area contributed by atoms with E-state index in [-0.39, 0.29) is 18.4 Å². The Morgan fingerprint density at radius 2 is 2.07 bits per heavy atom. The topological polar surface area (TPSA) is 71.5 Å². The molecule has 1 aromatic carbocycles. The van der Waals surface area contributed by atoms with Gasteiger partial charge in [0.2, 0.25) is 17.7 Å². The van der Waals surface area contributed by atoms with Gasteiger partial charge in [0.1, 0.15) is 17.6 Å². The van der Waals surface area contributed by atoms with Crippen LogP contribution in [0.1, 0.15) is 39.2 Å². The monoisotopic (exact) mass is 399 g/mol. The standard InChI is InChI=1S/C22H26FN3O3/c1-22(2,3)21(28)26-12-6-10-18(26)19(27)25-14-15-7-5-11-24-20(15)29-17-9-4-8-16(23)13-17/h4-5,7-9,11,13,18H,6,10,12,14H2,1-3H3,(H,25,27). The molecule has 1 atom stereocenters. The average molecular weight is 399 g/mol. The first-order valence-corrected chi connectivity index (χ1v) is 9.72. The molecule has 2 aromatic rings. The van der Waals surface area contributed by atoms with Crippen molar-refractivity contribution in [2.45, 2.75) is 46.2 Å². The van der Waals surface area contributed by atoms with Gasteiger partial charge in [-0.1, -0.05) is 32.9 Å². The highest BCUT2D eigenvalue weighted by Gasteiger charge is 2.38. The molecule has 1 saturated heterocycles. The van der Waals surface area contributed by atoms with Gasteiger partial charge in [0.15, 0.2) is 0 Å². The van der Waals surface area contributed by atoms with Crippen molar-refractivity contribution < 1.29 is 18.7 Å². The molecular weight excluding hydrogens is 373 g/mol. The van der Waals surface area contributed by atoms with E-state index in [1.54, 1.807) is 35.4 Å². The van der Waals surface area contributed by atoms with Crippen LogP contribution in [0, 0.1) is 11.2 Å². The number of benzene rings is 1. The average Bonchev–Trinajstić information content (AvgIpc) is 3.15. The summed E-state index contributed by atoms with van der Waals surface area (Å²) < 4.78 is 19.1. The van der Waals surface area contributed by atoms with Crippen molar-refractivity contribution in [3.05, 3.63) is 54.0 Å². The van der Waals surface area contributed by atoms with Crippen molar-refractivity contribution in [2.75, 3.05) is 6.54 Å². The van der Waals surface area contributed by atoms with Gasteiger partial charge in [-0.15, -0.1) is 0 Å². The zero-order valence-electron chi connectivity index (χ0n) is 16.9. The lowest BCUT2D eigenvalue weighted by Crippen LogP contribution is -2.49. The molecule has 3 rings (SSSR count). The fraction of sp³-hybridized carbons (Fsp3) is 0.409. The van der Waals surface area contributed by atoms with Crippen LogP contribution in [0.3, 0.4) is 0 Å². The number of amides is 2. The molecule has 1 aliphatic rings. The maximum absolute atomic E-state index is 13.4. The van der Waals surface area contributed by atoms with E-state index in [4.69, 9.17) is 4.74 Å². The highest BCUT2D eigenvalue weighted by atomic mass is 19.1. The van der Waals surface area contributed by atoms with Gasteiger partial charge >= 0.3 is 0 Å². The largest absolute Gasteiger partial charge is 0.439 e. The van der Waals surface area contributed by atoms with Crippen LogP contribution < -0.4 is 10.1 Å². The van der Waals surface area contributed by atoms with Crippen LogP contribution in [0.25, 0.3) is 0 Å². The minimum Gasteiger partial charge on any atom is -0.439 e. The summed E-state index contributed by atoms with van der Waals surface area (Å²) in [5.41, 5.74) is 0.134. The Kier molecular flexibility index (Phi) is 6.15. The first-order chi connectivity index (χ1) is 13.8. The highest BCUT2D eigenvalue weighted by molar-refractivity contribution is 5.90. The van der Waals surface area contributed by atoms with E-state index in [0.29, 0.717) is 30.2 Å². The number of carbonyl (C=O) groups excluding carboxylic acids is 2. The van der Waals surface area contributed by atoms with Gasteiger partial charge in [-0.05, 0) is 31.0 Å². The molecule has 1 unspecified atom stereocenters. The predicted octanol–water partition coefficient (Wildman–Crippen LogP) is 3.67. The van der Waals surface area contributed by atoms with Gasteiger partial charge in [-0.2, -0.15) is 0 Å². The molecule has 2 amide bonds. The van der Waals surface area contributed by atoms with Crippen molar-refractivity contribution in [3.8, 4) is 11.6 Å². The summed E-state index contributed by atoms with van der Waals surface area (Å²) in [5, 5.41) is 2.89. The Labute approximate surface area is 170 Å². The summed E-state index contributed by atoms with van der Waals surface area (Å²) in [4.78, 5) is 31.2. The summed E-state index contributed by atoms with van der Waals surface area (Å²) in [6.45, 7) is 6.36.